The SMILES string of the molecule is COC1(CN2CCCNCC2)CCC1. The summed E-state index contributed by atoms with van der Waals surface area (Å²) in [7, 11) is 1.87. The minimum atomic E-state index is 0.213. The summed E-state index contributed by atoms with van der Waals surface area (Å²) < 4.78 is 5.66. The van der Waals surface area contributed by atoms with Crippen LogP contribution in [0.3, 0.4) is 0 Å². The number of nitrogens with one attached hydrogen (secondary N) is 1. The van der Waals surface area contributed by atoms with Gasteiger partial charge in [-0.1, -0.05) is 0 Å². The molecule has 1 aliphatic carbocycles. The van der Waals surface area contributed by atoms with Crippen molar-refractivity contribution < 1.29 is 4.74 Å². The van der Waals surface area contributed by atoms with Crippen LogP contribution in [0.15, 0.2) is 0 Å². The van der Waals surface area contributed by atoms with Crippen LogP contribution in [-0.2, 0) is 4.74 Å². The van der Waals surface area contributed by atoms with E-state index in [1.165, 1.54) is 45.3 Å². The van der Waals surface area contributed by atoms with Crippen LogP contribution in [0.1, 0.15) is 25.7 Å². The summed E-state index contributed by atoms with van der Waals surface area (Å²) in [5.41, 5.74) is 0.213. The van der Waals surface area contributed by atoms with Crippen LogP contribution in [0.4, 0.5) is 0 Å². The lowest BCUT2D eigenvalue weighted by Gasteiger charge is -2.43. The average molecular weight is 198 g/mol. The molecule has 0 spiro atoms. The van der Waals surface area contributed by atoms with E-state index in [0.717, 1.165) is 13.1 Å². The fourth-order valence-electron chi connectivity index (χ4n) is 2.47. The van der Waals surface area contributed by atoms with E-state index >= 15 is 0 Å². The zero-order chi connectivity index (χ0) is 9.86. The maximum Gasteiger partial charge on any atom is 0.0805 e. The fraction of sp³-hybridized carbons (Fsp3) is 1.00. The van der Waals surface area contributed by atoms with Gasteiger partial charge in [-0.2, -0.15) is 0 Å². The molecule has 0 aromatic rings. The number of nitrogens with zero attached hydrogens (tertiary/aromatic N) is 1. The van der Waals surface area contributed by atoms with E-state index in [4.69, 9.17) is 4.74 Å². The Labute approximate surface area is 86.8 Å². The van der Waals surface area contributed by atoms with E-state index in [2.05, 4.69) is 10.2 Å². The standard InChI is InChI=1S/C11H22N2O/c1-14-11(4-2-5-11)10-13-8-3-6-12-7-9-13/h12H,2-10H2,1H3. The molecule has 1 N–H and O–H groups in total. The molecule has 0 radical (unpaired) electrons. The van der Waals surface area contributed by atoms with Crippen molar-refractivity contribution in [2.45, 2.75) is 31.3 Å². The summed E-state index contributed by atoms with van der Waals surface area (Å²) in [6.07, 6.45) is 5.14. The first kappa shape index (κ1) is 10.4. The molecule has 1 saturated carbocycles. The van der Waals surface area contributed by atoms with E-state index in [1.807, 2.05) is 7.11 Å². The molecular weight excluding hydrogens is 176 g/mol. The normalized spacial score (nSPS) is 28.1. The second-order valence-corrected chi connectivity index (χ2v) is 4.62. The van der Waals surface area contributed by atoms with Gasteiger partial charge in [0.1, 0.15) is 0 Å². The van der Waals surface area contributed by atoms with Gasteiger partial charge in [0.05, 0.1) is 5.60 Å². The molecule has 1 saturated heterocycles. The summed E-state index contributed by atoms with van der Waals surface area (Å²) in [5, 5.41) is 3.43. The van der Waals surface area contributed by atoms with Gasteiger partial charge in [-0.25, -0.2) is 0 Å². The van der Waals surface area contributed by atoms with Crippen molar-refractivity contribution >= 4 is 0 Å². The summed E-state index contributed by atoms with van der Waals surface area (Å²) in [6, 6.07) is 0. The lowest BCUT2D eigenvalue weighted by Crippen LogP contribution is -2.50. The van der Waals surface area contributed by atoms with Crippen molar-refractivity contribution in [2.24, 2.45) is 0 Å². The van der Waals surface area contributed by atoms with Crippen molar-refractivity contribution in [3.63, 3.8) is 0 Å². The Bertz CT molecular complexity index is 167. The van der Waals surface area contributed by atoms with Crippen LogP contribution in [0.2, 0.25) is 0 Å². The number of methoxy groups -OCH3 is 1. The molecule has 82 valence electrons. The van der Waals surface area contributed by atoms with Crippen LogP contribution in [-0.4, -0.2) is 50.3 Å². The molecule has 0 aromatic heterocycles. The Morgan fingerprint density at radius 1 is 1.21 bits per heavy atom. The summed E-state index contributed by atoms with van der Waals surface area (Å²) in [6.45, 7) is 5.88. The maximum atomic E-state index is 5.66. The minimum Gasteiger partial charge on any atom is -0.377 e. The Morgan fingerprint density at radius 3 is 2.71 bits per heavy atom. The third-order valence-corrected chi connectivity index (χ3v) is 3.64. The van der Waals surface area contributed by atoms with Gasteiger partial charge in [0.15, 0.2) is 0 Å². The molecule has 0 amide bonds. The molecule has 0 aromatic carbocycles. The van der Waals surface area contributed by atoms with E-state index in [-0.39, 0.29) is 5.60 Å². The van der Waals surface area contributed by atoms with E-state index in [9.17, 15) is 0 Å². The van der Waals surface area contributed by atoms with Crippen LogP contribution < -0.4 is 5.32 Å². The van der Waals surface area contributed by atoms with E-state index in [0.29, 0.717) is 0 Å². The smallest absolute Gasteiger partial charge is 0.0805 e. The molecule has 1 aliphatic heterocycles. The zero-order valence-electron chi connectivity index (χ0n) is 9.22. The van der Waals surface area contributed by atoms with Crippen molar-refractivity contribution in [2.75, 3.05) is 39.8 Å². The Balaban J connectivity index is 1.82. The van der Waals surface area contributed by atoms with Crippen molar-refractivity contribution in [1.82, 2.24) is 10.2 Å². The minimum absolute atomic E-state index is 0.213. The van der Waals surface area contributed by atoms with Gasteiger partial charge in [-0.15, -0.1) is 0 Å². The first-order chi connectivity index (χ1) is 6.85. The summed E-state index contributed by atoms with van der Waals surface area (Å²) in [5.74, 6) is 0. The average Bonchev–Trinajstić information content (AvgIpc) is 2.39. The lowest BCUT2D eigenvalue weighted by atomic mass is 9.79. The number of hydrogen-bond donors (Lipinski definition) is 1. The second kappa shape index (κ2) is 4.60. The third-order valence-electron chi connectivity index (χ3n) is 3.64. The number of rotatable bonds is 3. The molecule has 3 heteroatoms. The van der Waals surface area contributed by atoms with Gasteiger partial charge < -0.3 is 10.1 Å². The Morgan fingerprint density at radius 2 is 2.07 bits per heavy atom. The number of hydrogen-bond acceptors (Lipinski definition) is 3. The van der Waals surface area contributed by atoms with Crippen molar-refractivity contribution in [1.29, 1.82) is 0 Å². The van der Waals surface area contributed by atoms with Gasteiger partial charge >= 0.3 is 0 Å². The van der Waals surface area contributed by atoms with Gasteiger partial charge in [0.25, 0.3) is 0 Å². The van der Waals surface area contributed by atoms with Crippen molar-refractivity contribution in [3.8, 4) is 0 Å². The summed E-state index contributed by atoms with van der Waals surface area (Å²) >= 11 is 0. The first-order valence-corrected chi connectivity index (χ1v) is 5.83. The summed E-state index contributed by atoms with van der Waals surface area (Å²) in [4.78, 5) is 2.56. The highest BCUT2D eigenvalue weighted by Gasteiger charge is 2.38. The van der Waals surface area contributed by atoms with E-state index < -0.39 is 0 Å². The molecule has 14 heavy (non-hydrogen) atoms. The maximum absolute atomic E-state index is 5.66. The first-order valence-electron chi connectivity index (χ1n) is 5.83. The van der Waals surface area contributed by atoms with Crippen LogP contribution >= 0.6 is 0 Å². The van der Waals surface area contributed by atoms with Gasteiger partial charge in [0.2, 0.25) is 0 Å². The van der Waals surface area contributed by atoms with Gasteiger partial charge in [-0.3, -0.25) is 4.90 Å². The van der Waals surface area contributed by atoms with Crippen LogP contribution in [0.5, 0.6) is 0 Å². The predicted octanol–water partition coefficient (Wildman–Crippen LogP) is 0.851. The lowest BCUT2D eigenvalue weighted by molar-refractivity contribution is -0.0905. The molecule has 2 fully saturated rings. The molecule has 0 unspecified atom stereocenters. The van der Waals surface area contributed by atoms with Crippen LogP contribution in [0.25, 0.3) is 0 Å². The highest BCUT2D eigenvalue weighted by molar-refractivity contribution is 4.92. The van der Waals surface area contributed by atoms with E-state index in [1.54, 1.807) is 0 Å². The molecule has 2 rings (SSSR count). The zero-order valence-corrected chi connectivity index (χ0v) is 9.22. The third kappa shape index (κ3) is 2.27. The molecular formula is C11H22N2O. The van der Waals surface area contributed by atoms with Gasteiger partial charge in [-0.05, 0) is 38.8 Å². The molecule has 2 aliphatic rings. The topological polar surface area (TPSA) is 24.5 Å². The molecule has 1 heterocycles. The molecule has 3 nitrogen and oxygen atoms in total. The predicted molar refractivity (Wildman–Crippen MR) is 57.5 cm³/mol. The quantitative estimate of drug-likeness (QED) is 0.727. The van der Waals surface area contributed by atoms with Crippen molar-refractivity contribution in [3.05, 3.63) is 0 Å². The highest BCUT2D eigenvalue weighted by Crippen LogP contribution is 2.35. The highest BCUT2D eigenvalue weighted by atomic mass is 16.5. The van der Waals surface area contributed by atoms with Crippen LogP contribution in [0, 0.1) is 0 Å². The fourth-order valence-corrected chi connectivity index (χ4v) is 2.47. The Kier molecular flexibility index (Phi) is 3.42. The Hall–Kier alpha value is -0.120. The number of ether oxygens (including phenoxy) is 1. The largest absolute Gasteiger partial charge is 0.377 e. The molecule has 0 atom stereocenters. The molecule has 0 bridgehead atoms. The van der Waals surface area contributed by atoms with Gasteiger partial charge in [0, 0.05) is 26.7 Å². The second-order valence-electron chi connectivity index (χ2n) is 4.62. The monoisotopic (exact) mass is 198 g/mol.